The fraction of sp³-hybridized carbons (Fsp3) is 0.316. The van der Waals surface area contributed by atoms with Crippen LogP contribution in [-0.2, 0) is 6.54 Å². The highest BCUT2D eigenvalue weighted by molar-refractivity contribution is 6.32. The highest BCUT2D eigenvalue weighted by Crippen LogP contribution is 2.30. The number of rotatable bonds is 4. The first kappa shape index (κ1) is 17.9. The molecule has 0 atom stereocenters. The second-order valence-electron chi connectivity index (χ2n) is 6.45. The number of fused-ring (bicyclic) bond motifs is 1. The molecule has 3 heterocycles. The zero-order chi connectivity index (χ0) is 18.6. The molecule has 27 heavy (non-hydrogen) atoms. The summed E-state index contributed by atoms with van der Waals surface area (Å²) < 4.78 is 14.6. The van der Waals surface area contributed by atoms with Crippen molar-refractivity contribution in [2.75, 3.05) is 36.4 Å². The van der Waals surface area contributed by atoms with Crippen molar-refractivity contribution in [1.82, 2.24) is 20.3 Å². The van der Waals surface area contributed by atoms with Gasteiger partial charge in [-0.3, -0.25) is 15.0 Å². The number of benzene rings is 1. The van der Waals surface area contributed by atoms with Gasteiger partial charge in [0.05, 0.1) is 34.8 Å². The summed E-state index contributed by atoms with van der Waals surface area (Å²) in [6.07, 6.45) is 7.17. The molecule has 6 nitrogen and oxygen atoms in total. The van der Waals surface area contributed by atoms with Crippen LogP contribution < -0.4 is 15.5 Å². The SMILES string of the molecule is Fc1cncc(NCc2cc3nccnc3cc2Cl)c1N1CCCNCC1. The maximum Gasteiger partial charge on any atom is 0.166 e. The minimum Gasteiger partial charge on any atom is -0.378 e. The van der Waals surface area contributed by atoms with Crippen molar-refractivity contribution in [3.63, 3.8) is 0 Å². The normalized spacial score (nSPS) is 15.0. The number of hydrogen-bond donors (Lipinski definition) is 2. The Morgan fingerprint density at radius 3 is 2.78 bits per heavy atom. The Bertz CT molecular complexity index is 943. The Morgan fingerprint density at radius 1 is 1.11 bits per heavy atom. The second kappa shape index (κ2) is 8.02. The third-order valence-electron chi connectivity index (χ3n) is 4.64. The molecule has 1 aliphatic rings. The topological polar surface area (TPSA) is 66.0 Å². The summed E-state index contributed by atoms with van der Waals surface area (Å²) in [6.45, 7) is 3.77. The van der Waals surface area contributed by atoms with Crippen molar-refractivity contribution in [2.45, 2.75) is 13.0 Å². The van der Waals surface area contributed by atoms with E-state index in [1.54, 1.807) is 24.7 Å². The van der Waals surface area contributed by atoms with E-state index in [0.29, 0.717) is 22.9 Å². The number of nitrogens with one attached hydrogen (secondary N) is 2. The van der Waals surface area contributed by atoms with Crippen molar-refractivity contribution in [1.29, 1.82) is 0 Å². The van der Waals surface area contributed by atoms with E-state index in [1.165, 1.54) is 6.20 Å². The first-order chi connectivity index (χ1) is 13.2. The molecule has 8 heteroatoms. The lowest BCUT2D eigenvalue weighted by Gasteiger charge is -2.25. The average Bonchev–Trinajstić information content (AvgIpc) is 2.95. The lowest BCUT2D eigenvalue weighted by Crippen LogP contribution is -2.29. The summed E-state index contributed by atoms with van der Waals surface area (Å²) in [6, 6.07) is 3.70. The third kappa shape index (κ3) is 3.94. The monoisotopic (exact) mass is 386 g/mol. The molecule has 0 aliphatic carbocycles. The molecule has 1 aromatic carbocycles. The summed E-state index contributed by atoms with van der Waals surface area (Å²) >= 11 is 6.39. The summed E-state index contributed by atoms with van der Waals surface area (Å²) in [4.78, 5) is 14.6. The van der Waals surface area contributed by atoms with Crippen molar-refractivity contribution in [3.8, 4) is 0 Å². The van der Waals surface area contributed by atoms with E-state index in [2.05, 4.69) is 30.5 Å². The van der Waals surface area contributed by atoms with E-state index in [9.17, 15) is 4.39 Å². The molecule has 1 fully saturated rings. The standard InChI is InChI=1S/C19H20ClFN6/c20-14-9-17-16(24-3-4-25-17)8-13(14)10-26-18-12-23-11-15(21)19(18)27-6-1-2-22-5-7-27/h3-4,8-9,11-12,22,26H,1-2,5-7,10H2. The van der Waals surface area contributed by atoms with Gasteiger partial charge in [0.1, 0.15) is 0 Å². The van der Waals surface area contributed by atoms with Crippen LogP contribution in [0, 0.1) is 5.82 Å². The van der Waals surface area contributed by atoms with Gasteiger partial charge in [-0.05, 0) is 30.7 Å². The van der Waals surface area contributed by atoms with Gasteiger partial charge in [-0.15, -0.1) is 0 Å². The Labute approximate surface area is 161 Å². The van der Waals surface area contributed by atoms with Gasteiger partial charge in [0.2, 0.25) is 0 Å². The van der Waals surface area contributed by atoms with Gasteiger partial charge in [0.15, 0.2) is 5.82 Å². The van der Waals surface area contributed by atoms with Crippen LogP contribution in [0.2, 0.25) is 5.02 Å². The van der Waals surface area contributed by atoms with Crippen LogP contribution in [-0.4, -0.2) is 41.1 Å². The lowest BCUT2D eigenvalue weighted by molar-refractivity contribution is 0.612. The number of nitrogens with zero attached hydrogens (tertiary/aromatic N) is 4. The molecular formula is C19H20ClFN6. The maximum atomic E-state index is 14.6. The van der Waals surface area contributed by atoms with Crippen molar-refractivity contribution >= 4 is 34.0 Å². The predicted molar refractivity (Wildman–Crippen MR) is 106 cm³/mol. The van der Waals surface area contributed by atoms with Crippen LogP contribution in [0.4, 0.5) is 15.8 Å². The second-order valence-corrected chi connectivity index (χ2v) is 6.86. The Kier molecular flexibility index (Phi) is 5.31. The lowest BCUT2D eigenvalue weighted by atomic mass is 10.1. The Hall–Kier alpha value is -2.51. The largest absolute Gasteiger partial charge is 0.378 e. The molecule has 0 saturated carbocycles. The highest BCUT2D eigenvalue weighted by atomic mass is 35.5. The molecule has 0 spiro atoms. The molecule has 0 bridgehead atoms. The minimum atomic E-state index is -0.322. The first-order valence-electron chi connectivity index (χ1n) is 8.94. The third-order valence-corrected chi connectivity index (χ3v) is 4.99. The fourth-order valence-corrected chi connectivity index (χ4v) is 3.53. The molecule has 2 N–H and O–H groups in total. The predicted octanol–water partition coefficient (Wildman–Crippen LogP) is 3.23. The number of halogens is 2. The minimum absolute atomic E-state index is 0.322. The first-order valence-corrected chi connectivity index (χ1v) is 9.32. The van der Waals surface area contributed by atoms with Gasteiger partial charge < -0.3 is 15.5 Å². The molecular weight excluding hydrogens is 367 g/mol. The van der Waals surface area contributed by atoms with E-state index in [0.717, 1.165) is 49.2 Å². The maximum absolute atomic E-state index is 14.6. The molecule has 140 valence electrons. The van der Waals surface area contributed by atoms with Crippen LogP contribution in [0.3, 0.4) is 0 Å². The van der Waals surface area contributed by atoms with Gasteiger partial charge in [-0.1, -0.05) is 11.6 Å². The van der Waals surface area contributed by atoms with Crippen LogP contribution in [0.1, 0.15) is 12.0 Å². The highest BCUT2D eigenvalue weighted by Gasteiger charge is 2.18. The molecule has 4 rings (SSSR count). The zero-order valence-electron chi connectivity index (χ0n) is 14.8. The smallest absolute Gasteiger partial charge is 0.166 e. The molecule has 0 radical (unpaired) electrons. The van der Waals surface area contributed by atoms with Gasteiger partial charge >= 0.3 is 0 Å². The van der Waals surface area contributed by atoms with Crippen molar-refractivity contribution < 1.29 is 4.39 Å². The quantitative estimate of drug-likeness (QED) is 0.717. The van der Waals surface area contributed by atoms with Gasteiger partial charge in [0, 0.05) is 43.6 Å². The van der Waals surface area contributed by atoms with Crippen LogP contribution in [0.15, 0.2) is 36.9 Å². The Morgan fingerprint density at radius 2 is 1.93 bits per heavy atom. The molecule has 0 amide bonds. The molecule has 1 aliphatic heterocycles. The summed E-state index contributed by atoms with van der Waals surface area (Å²) in [5.41, 5.74) is 3.61. The van der Waals surface area contributed by atoms with E-state index in [4.69, 9.17) is 11.6 Å². The Balaban J connectivity index is 1.60. The van der Waals surface area contributed by atoms with Gasteiger partial charge in [0.25, 0.3) is 0 Å². The van der Waals surface area contributed by atoms with Gasteiger partial charge in [-0.25, -0.2) is 4.39 Å². The summed E-state index contributed by atoms with van der Waals surface area (Å²) in [5.74, 6) is -0.322. The average molecular weight is 387 g/mol. The number of aromatic nitrogens is 3. The van der Waals surface area contributed by atoms with E-state index >= 15 is 0 Å². The molecule has 3 aromatic rings. The van der Waals surface area contributed by atoms with Crippen molar-refractivity contribution in [2.24, 2.45) is 0 Å². The fourth-order valence-electron chi connectivity index (χ4n) is 3.30. The molecule has 2 aromatic heterocycles. The van der Waals surface area contributed by atoms with Gasteiger partial charge in [-0.2, -0.15) is 0 Å². The van der Waals surface area contributed by atoms with E-state index in [-0.39, 0.29) is 5.82 Å². The number of anilines is 2. The van der Waals surface area contributed by atoms with E-state index in [1.807, 2.05) is 6.07 Å². The number of hydrogen-bond acceptors (Lipinski definition) is 6. The van der Waals surface area contributed by atoms with Crippen LogP contribution >= 0.6 is 11.6 Å². The summed E-state index contributed by atoms with van der Waals surface area (Å²) in [5, 5.41) is 7.23. The molecule has 1 saturated heterocycles. The zero-order valence-corrected chi connectivity index (χ0v) is 15.5. The van der Waals surface area contributed by atoms with Crippen LogP contribution in [0.5, 0.6) is 0 Å². The number of pyridine rings is 1. The summed E-state index contributed by atoms with van der Waals surface area (Å²) in [7, 11) is 0. The van der Waals surface area contributed by atoms with Crippen molar-refractivity contribution in [3.05, 3.63) is 53.3 Å². The van der Waals surface area contributed by atoms with E-state index < -0.39 is 0 Å². The molecule has 0 unspecified atom stereocenters. The van der Waals surface area contributed by atoms with Crippen LogP contribution in [0.25, 0.3) is 11.0 Å².